The van der Waals surface area contributed by atoms with E-state index in [0.717, 1.165) is 32.6 Å². The van der Waals surface area contributed by atoms with E-state index in [9.17, 15) is 0 Å². The van der Waals surface area contributed by atoms with Crippen molar-refractivity contribution in [3.8, 4) is 0 Å². The third-order valence-electron chi connectivity index (χ3n) is 3.94. The van der Waals surface area contributed by atoms with Gasteiger partial charge >= 0.3 is 0 Å². The lowest BCUT2D eigenvalue weighted by Gasteiger charge is -2.26. The van der Waals surface area contributed by atoms with Crippen LogP contribution in [0.15, 0.2) is 88.3 Å². The van der Waals surface area contributed by atoms with Crippen LogP contribution in [0.25, 0.3) is 0 Å². The van der Waals surface area contributed by atoms with Crippen molar-refractivity contribution in [3.05, 3.63) is 100 Å². The molecule has 23 heavy (non-hydrogen) atoms. The normalized spacial score (nSPS) is 16.2. The first-order chi connectivity index (χ1) is 11.3. The minimum Gasteiger partial charge on any atom is -0.360 e. The molecule has 0 aromatic heterocycles. The average molecular weight is 363 g/mol. The molecule has 0 fully saturated rings. The molecule has 112 valence electrons. The second-order valence-electron chi connectivity index (χ2n) is 5.49. The van der Waals surface area contributed by atoms with Crippen molar-refractivity contribution < 1.29 is 0 Å². The van der Waals surface area contributed by atoms with Crippen LogP contribution >= 0.6 is 15.9 Å². The summed E-state index contributed by atoms with van der Waals surface area (Å²) in [5.74, 6) is 0. The van der Waals surface area contributed by atoms with Gasteiger partial charge in [-0.25, -0.2) is 0 Å². The highest BCUT2D eigenvalue weighted by atomic mass is 79.9. The van der Waals surface area contributed by atoms with Gasteiger partial charge in [0.05, 0.1) is 5.71 Å². The zero-order valence-electron chi connectivity index (χ0n) is 12.4. The van der Waals surface area contributed by atoms with Crippen LogP contribution in [0, 0.1) is 0 Å². The number of nitrogens with one attached hydrogen (secondary N) is 1. The van der Waals surface area contributed by atoms with Crippen LogP contribution in [0.2, 0.25) is 0 Å². The van der Waals surface area contributed by atoms with E-state index in [4.69, 9.17) is 4.99 Å². The summed E-state index contributed by atoms with van der Waals surface area (Å²) in [4.78, 5) is 4.99. The lowest BCUT2D eigenvalue weighted by atomic mass is 9.97. The smallest absolute Gasteiger partial charge is 0.145 e. The summed E-state index contributed by atoms with van der Waals surface area (Å²) >= 11 is 3.54. The Hall–Kier alpha value is -2.39. The highest BCUT2D eigenvalue weighted by Crippen LogP contribution is 2.32. The van der Waals surface area contributed by atoms with Crippen molar-refractivity contribution in [2.24, 2.45) is 4.99 Å². The highest BCUT2D eigenvalue weighted by molar-refractivity contribution is 9.10. The fraction of sp³-hybridized carbons (Fsp3) is 0.0500. The number of nitrogens with zero attached hydrogens (tertiary/aromatic N) is 1. The van der Waals surface area contributed by atoms with Gasteiger partial charge in [0, 0.05) is 21.3 Å². The first-order valence-electron chi connectivity index (χ1n) is 7.56. The molecule has 0 saturated carbocycles. The molecule has 1 aliphatic rings. The SMILES string of the molecule is Brc1cccc(C2N=C(c3ccccc3)c3ccccc3N2)c1. The lowest BCUT2D eigenvalue weighted by Crippen LogP contribution is -2.20. The van der Waals surface area contributed by atoms with Crippen LogP contribution in [0.1, 0.15) is 22.9 Å². The molecule has 1 unspecified atom stereocenters. The Balaban J connectivity index is 1.85. The summed E-state index contributed by atoms with van der Waals surface area (Å²) in [7, 11) is 0. The van der Waals surface area contributed by atoms with E-state index in [0.29, 0.717) is 0 Å². The fourth-order valence-corrected chi connectivity index (χ4v) is 3.27. The number of rotatable bonds is 2. The minimum atomic E-state index is -0.0855. The number of para-hydroxylation sites is 1. The Morgan fingerprint density at radius 3 is 2.43 bits per heavy atom. The third-order valence-corrected chi connectivity index (χ3v) is 4.44. The predicted octanol–water partition coefficient (Wildman–Crippen LogP) is 5.41. The molecule has 0 spiro atoms. The van der Waals surface area contributed by atoms with Crippen LogP contribution < -0.4 is 5.32 Å². The van der Waals surface area contributed by atoms with Crippen LogP contribution in [-0.2, 0) is 0 Å². The Morgan fingerprint density at radius 2 is 1.61 bits per heavy atom. The van der Waals surface area contributed by atoms with Crippen LogP contribution in [0.4, 0.5) is 5.69 Å². The number of hydrogen-bond donors (Lipinski definition) is 1. The standard InChI is InChI=1S/C20H15BrN2/c21-16-10-6-9-15(13-16)20-22-18-12-5-4-11-17(18)19(23-20)14-7-2-1-3-8-14/h1-13,20,22H. The summed E-state index contributed by atoms with van der Waals surface area (Å²) in [6.45, 7) is 0. The summed E-state index contributed by atoms with van der Waals surface area (Å²) < 4.78 is 1.06. The first-order valence-corrected chi connectivity index (χ1v) is 8.35. The van der Waals surface area contributed by atoms with Crippen molar-refractivity contribution >= 4 is 27.3 Å². The Kier molecular flexibility index (Phi) is 3.72. The van der Waals surface area contributed by atoms with Crippen molar-refractivity contribution in [1.82, 2.24) is 0 Å². The number of hydrogen-bond acceptors (Lipinski definition) is 2. The van der Waals surface area contributed by atoms with Gasteiger partial charge in [0.2, 0.25) is 0 Å². The Bertz CT molecular complexity index is 872. The molecule has 4 rings (SSSR count). The minimum absolute atomic E-state index is 0.0855. The molecule has 1 heterocycles. The van der Waals surface area contributed by atoms with E-state index in [-0.39, 0.29) is 6.17 Å². The summed E-state index contributed by atoms with van der Waals surface area (Å²) in [5.41, 5.74) is 5.57. The zero-order chi connectivity index (χ0) is 15.6. The maximum atomic E-state index is 4.99. The molecule has 1 aliphatic heterocycles. The van der Waals surface area contributed by atoms with Gasteiger partial charge in [0.1, 0.15) is 6.17 Å². The van der Waals surface area contributed by atoms with Crippen molar-refractivity contribution in [3.63, 3.8) is 0 Å². The molecule has 3 aromatic rings. The predicted molar refractivity (Wildman–Crippen MR) is 99.0 cm³/mol. The Morgan fingerprint density at radius 1 is 0.826 bits per heavy atom. The van der Waals surface area contributed by atoms with E-state index in [1.165, 1.54) is 0 Å². The largest absolute Gasteiger partial charge is 0.360 e. The van der Waals surface area contributed by atoms with E-state index in [1.54, 1.807) is 0 Å². The van der Waals surface area contributed by atoms with E-state index >= 15 is 0 Å². The average Bonchev–Trinajstić information content (AvgIpc) is 2.61. The van der Waals surface area contributed by atoms with E-state index < -0.39 is 0 Å². The van der Waals surface area contributed by atoms with Crippen LogP contribution in [0.3, 0.4) is 0 Å². The van der Waals surface area contributed by atoms with E-state index in [2.05, 4.69) is 81.9 Å². The summed E-state index contributed by atoms with van der Waals surface area (Å²) in [6.07, 6.45) is -0.0855. The quantitative estimate of drug-likeness (QED) is 0.647. The summed E-state index contributed by atoms with van der Waals surface area (Å²) in [6, 6.07) is 27.0. The maximum Gasteiger partial charge on any atom is 0.145 e. The van der Waals surface area contributed by atoms with Gasteiger partial charge in [-0.2, -0.15) is 0 Å². The molecule has 0 saturated heterocycles. The Labute approximate surface area is 144 Å². The molecule has 3 aromatic carbocycles. The van der Waals surface area contributed by atoms with Crippen LogP contribution in [-0.4, -0.2) is 5.71 Å². The molecule has 3 heteroatoms. The van der Waals surface area contributed by atoms with Gasteiger partial charge in [-0.05, 0) is 23.8 Å². The van der Waals surface area contributed by atoms with E-state index in [1.807, 2.05) is 18.2 Å². The maximum absolute atomic E-state index is 4.99. The molecule has 0 amide bonds. The first kappa shape index (κ1) is 14.2. The topological polar surface area (TPSA) is 24.4 Å². The number of anilines is 1. The van der Waals surface area contributed by atoms with Gasteiger partial charge in [0.15, 0.2) is 0 Å². The van der Waals surface area contributed by atoms with Gasteiger partial charge in [-0.15, -0.1) is 0 Å². The van der Waals surface area contributed by atoms with Gasteiger partial charge < -0.3 is 5.32 Å². The van der Waals surface area contributed by atoms with Crippen molar-refractivity contribution in [2.75, 3.05) is 5.32 Å². The van der Waals surface area contributed by atoms with Gasteiger partial charge in [-0.1, -0.05) is 76.6 Å². The molecule has 1 N–H and O–H groups in total. The van der Waals surface area contributed by atoms with Gasteiger partial charge in [0.25, 0.3) is 0 Å². The van der Waals surface area contributed by atoms with Gasteiger partial charge in [-0.3, -0.25) is 4.99 Å². The molecule has 1 atom stereocenters. The summed E-state index contributed by atoms with van der Waals surface area (Å²) in [5, 5.41) is 3.53. The molecular formula is C20H15BrN2. The molecular weight excluding hydrogens is 348 g/mol. The molecule has 0 bridgehead atoms. The molecule has 0 radical (unpaired) electrons. The second-order valence-corrected chi connectivity index (χ2v) is 6.41. The van der Waals surface area contributed by atoms with Crippen molar-refractivity contribution in [2.45, 2.75) is 6.17 Å². The highest BCUT2D eigenvalue weighted by Gasteiger charge is 2.22. The fourth-order valence-electron chi connectivity index (χ4n) is 2.85. The number of aliphatic imine (C=N–C) groups is 1. The molecule has 0 aliphatic carbocycles. The molecule has 2 nitrogen and oxygen atoms in total. The number of halogens is 1. The lowest BCUT2D eigenvalue weighted by molar-refractivity contribution is 0.827. The number of fused-ring (bicyclic) bond motifs is 1. The zero-order valence-corrected chi connectivity index (χ0v) is 14.0. The third kappa shape index (κ3) is 2.80. The van der Waals surface area contributed by atoms with Crippen molar-refractivity contribution in [1.29, 1.82) is 0 Å². The number of benzene rings is 3. The second kappa shape index (κ2) is 6.01. The monoisotopic (exact) mass is 362 g/mol. The van der Waals surface area contributed by atoms with Crippen LogP contribution in [0.5, 0.6) is 0 Å².